The molecule has 57 heavy (non-hydrogen) atoms. The Morgan fingerprint density at radius 3 is 0.614 bits per heavy atom. The largest absolute Gasteiger partial charge is 0.501 e. The van der Waals surface area contributed by atoms with Crippen LogP contribution in [0.3, 0.4) is 0 Å². The van der Waals surface area contributed by atoms with Crippen molar-refractivity contribution in [3.8, 4) is 57.5 Å². The number of ether oxygens (including phenoxy) is 8. The van der Waals surface area contributed by atoms with E-state index in [4.69, 9.17) is 37.9 Å². The maximum Gasteiger partial charge on any atom is 0.208 e. The number of phenols is 2. The van der Waals surface area contributed by atoms with Crippen LogP contribution >= 0.6 is 0 Å². The lowest BCUT2D eigenvalue weighted by atomic mass is 9.75. The summed E-state index contributed by atoms with van der Waals surface area (Å²) in [5.74, 6) is 2.11. The third kappa shape index (κ3) is 14.3. The summed E-state index contributed by atoms with van der Waals surface area (Å²) in [6.45, 7) is 24.1. The van der Waals surface area contributed by atoms with Crippen molar-refractivity contribution >= 4 is 0 Å². The van der Waals surface area contributed by atoms with Crippen LogP contribution in [0, 0.1) is 0 Å². The minimum Gasteiger partial charge on any atom is -0.501 e. The van der Waals surface area contributed by atoms with Gasteiger partial charge in [0.15, 0.2) is 23.0 Å². The van der Waals surface area contributed by atoms with Gasteiger partial charge in [-0.05, 0) is 51.4 Å². The lowest BCUT2D eigenvalue weighted by Crippen LogP contribution is -2.26. The molecule has 0 heterocycles. The first-order chi connectivity index (χ1) is 27.7. The Labute approximate surface area is 346 Å². The minimum absolute atomic E-state index is 0.142. The van der Waals surface area contributed by atoms with Gasteiger partial charge in [0.25, 0.3) is 0 Å². The van der Waals surface area contributed by atoms with Crippen LogP contribution in [0.1, 0.15) is 183 Å². The lowest BCUT2D eigenvalue weighted by molar-refractivity contribution is 0.212. The number of unbranched alkanes of at least 4 members (excludes halogenated alkanes) is 8. The standard InChI is InChI=1S/C47H80O10/c1-11-19-27-50-39-35(40(51-28-20-12-2)44(55-32-24-16-6)37(48)43(39)54-31-23-15-5)47(9,10)36-41(52-29-21-13-3)45(56-33-25-17-7)38(49)46(57-34-26-18-8)42(36)53-30-22-14-4/h48-49H,11-34H2,1-10H3. The minimum atomic E-state index is -1.08. The monoisotopic (exact) mass is 805 g/mol. The second kappa shape index (κ2) is 28.0. The molecule has 2 rings (SSSR count). The van der Waals surface area contributed by atoms with Gasteiger partial charge in [-0.25, -0.2) is 0 Å². The van der Waals surface area contributed by atoms with Crippen LogP contribution in [0.25, 0.3) is 0 Å². The van der Waals surface area contributed by atoms with E-state index in [0.717, 1.165) is 103 Å². The molecule has 0 amide bonds. The number of phenolic OH excluding ortho intramolecular Hbond substituents is 2. The molecule has 0 saturated heterocycles. The Bertz CT molecular complexity index is 1210. The van der Waals surface area contributed by atoms with Gasteiger partial charge in [0.1, 0.15) is 0 Å². The maximum atomic E-state index is 12.2. The number of rotatable bonds is 34. The van der Waals surface area contributed by atoms with Crippen molar-refractivity contribution in [1.29, 1.82) is 0 Å². The number of benzene rings is 2. The number of hydrogen-bond acceptors (Lipinski definition) is 10. The summed E-state index contributed by atoms with van der Waals surface area (Å²) >= 11 is 0. The van der Waals surface area contributed by atoms with Crippen molar-refractivity contribution in [2.75, 3.05) is 52.9 Å². The van der Waals surface area contributed by atoms with Gasteiger partial charge in [0, 0.05) is 5.41 Å². The van der Waals surface area contributed by atoms with Crippen LogP contribution in [0.15, 0.2) is 0 Å². The molecule has 0 saturated carbocycles. The highest BCUT2D eigenvalue weighted by molar-refractivity contribution is 5.77. The number of aromatic hydroxyl groups is 2. The van der Waals surface area contributed by atoms with Crippen LogP contribution < -0.4 is 37.9 Å². The van der Waals surface area contributed by atoms with Crippen molar-refractivity contribution in [1.82, 2.24) is 0 Å². The lowest BCUT2D eigenvalue weighted by Gasteiger charge is -2.36. The van der Waals surface area contributed by atoms with Gasteiger partial charge in [0.05, 0.1) is 64.0 Å². The highest BCUT2D eigenvalue weighted by Gasteiger charge is 2.44. The van der Waals surface area contributed by atoms with Crippen molar-refractivity contribution in [2.24, 2.45) is 0 Å². The predicted octanol–water partition coefficient (Wildman–Crippen LogP) is 12.9. The average molecular weight is 805 g/mol. The van der Waals surface area contributed by atoms with E-state index in [1.807, 2.05) is 0 Å². The molecule has 0 aliphatic carbocycles. The summed E-state index contributed by atoms with van der Waals surface area (Å²) in [4.78, 5) is 0. The first kappa shape index (κ1) is 49.6. The molecule has 0 aromatic heterocycles. The number of hydrogen-bond donors (Lipinski definition) is 2. The molecule has 0 radical (unpaired) electrons. The van der Waals surface area contributed by atoms with Gasteiger partial charge in [-0.2, -0.15) is 0 Å². The molecule has 0 atom stereocenters. The van der Waals surface area contributed by atoms with E-state index in [1.54, 1.807) is 0 Å². The fourth-order valence-electron chi connectivity index (χ4n) is 6.19. The Balaban J connectivity index is 3.37. The van der Waals surface area contributed by atoms with Gasteiger partial charge in [-0.3, -0.25) is 0 Å². The Morgan fingerprint density at radius 1 is 0.298 bits per heavy atom. The van der Waals surface area contributed by atoms with Gasteiger partial charge in [0.2, 0.25) is 34.5 Å². The van der Waals surface area contributed by atoms with E-state index in [0.29, 0.717) is 87.0 Å². The van der Waals surface area contributed by atoms with Gasteiger partial charge < -0.3 is 48.1 Å². The predicted molar refractivity (Wildman–Crippen MR) is 232 cm³/mol. The van der Waals surface area contributed by atoms with Gasteiger partial charge >= 0.3 is 0 Å². The highest BCUT2D eigenvalue weighted by atomic mass is 16.6. The van der Waals surface area contributed by atoms with Crippen LogP contribution in [-0.4, -0.2) is 63.1 Å². The summed E-state index contributed by atoms with van der Waals surface area (Å²) in [6, 6.07) is 0. The van der Waals surface area contributed by atoms with E-state index in [-0.39, 0.29) is 34.5 Å². The normalized spacial score (nSPS) is 11.4. The smallest absolute Gasteiger partial charge is 0.208 e. The maximum absolute atomic E-state index is 12.2. The fraction of sp³-hybridized carbons (Fsp3) is 0.745. The van der Waals surface area contributed by atoms with Crippen LogP contribution in [0.2, 0.25) is 0 Å². The van der Waals surface area contributed by atoms with Crippen molar-refractivity contribution in [3.63, 3.8) is 0 Å². The zero-order chi connectivity index (χ0) is 42.1. The SMILES string of the molecule is CCCCOc1c(O)c(OCCCC)c(OCCCC)c(C(C)(C)c2c(OCCCC)c(OCCCC)c(O)c(OCCCC)c2OCCCC)c1OCCCC. The molecule has 0 aliphatic heterocycles. The molecule has 10 heteroatoms. The first-order valence-corrected chi connectivity index (χ1v) is 22.5. The quantitative estimate of drug-likeness (QED) is 0.0663. The van der Waals surface area contributed by atoms with E-state index in [9.17, 15) is 10.2 Å². The van der Waals surface area contributed by atoms with E-state index >= 15 is 0 Å². The van der Waals surface area contributed by atoms with Crippen molar-refractivity contribution in [2.45, 2.75) is 177 Å². The molecule has 10 nitrogen and oxygen atoms in total. The second-order valence-electron chi connectivity index (χ2n) is 15.3. The van der Waals surface area contributed by atoms with E-state index < -0.39 is 5.41 Å². The van der Waals surface area contributed by atoms with Crippen molar-refractivity contribution < 1.29 is 48.1 Å². The van der Waals surface area contributed by atoms with Crippen molar-refractivity contribution in [3.05, 3.63) is 11.1 Å². The van der Waals surface area contributed by atoms with E-state index in [1.165, 1.54) is 0 Å². The third-order valence-corrected chi connectivity index (χ3v) is 9.80. The first-order valence-electron chi connectivity index (χ1n) is 22.5. The molecule has 0 unspecified atom stereocenters. The molecule has 2 aromatic carbocycles. The van der Waals surface area contributed by atoms with E-state index in [2.05, 4.69) is 69.2 Å². The molecular weight excluding hydrogens is 725 g/mol. The zero-order valence-corrected chi connectivity index (χ0v) is 37.6. The molecule has 0 spiro atoms. The molecule has 0 bridgehead atoms. The van der Waals surface area contributed by atoms with Crippen LogP contribution in [0.5, 0.6) is 57.5 Å². The summed E-state index contributed by atoms with van der Waals surface area (Å²) in [5, 5.41) is 24.3. The molecule has 2 N–H and O–H groups in total. The van der Waals surface area contributed by atoms with Crippen LogP contribution in [0.4, 0.5) is 0 Å². The summed E-state index contributed by atoms with van der Waals surface area (Å²) in [6.07, 6.45) is 13.6. The average Bonchev–Trinajstić information content (AvgIpc) is 3.19. The van der Waals surface area contributed by atoms with Crippen LogP contribution in [-0.2, 0) is 5.41 Å². The Kier molecular flexibility index (Phi) is 24.3. The summed E-state index contributed by atoms with van der Waals surface area (Å²) in [7, 11) is 0. The van der Waals surface area contributed by atoms with Gasteiger partial charge in [-0.15, -0.1) is 0 Å². The zero-order valence-electron chi connectivity index (χ0n) is 37.6. The molecule has 328 valence electrons. The summed E-state index contributed by atoms with van der Waals surface area (Å²) in [5.41, 5.74) is 0.164. The molecule has 0 aliphatic rings. The second-order valence-corrected chi connectivity index (χ2v) is 15.3. The third-order valence-electron chi connectivity index (χ3n) is 9.80. The highest BCUT2D eigenvalue weighted by Crippen LogP contribution is 2.63. The Hall–Kier alpha value is -3.56. The van der Waals surface area contributed by atoms with Gasteiger partial charge in [-0.1, -0.05) is 121 Å². The Morgan fingerprint density at radius 2 is 0.456 bits per heavy atom. The fourth-order valence-corrected chi connectivity index (χ4v) is 6.19. The molecule has 0 fully saturated rings. The summed E-state index contributed by atoms with van der Waals surface area (Å²) < 4.78 is 53.0. The molecule has 2 aromatic rings. The molecular formula is C47H80O10. The topological polar surface area (TPSA) is 114 Å².